The molecule has 0 saturated carbocycles. The van der Waals surface area contributed by atoms with Gasteiger partial charge in [0.2, 0.25) is 5.91 Å². The van der Waals surface area contributed by atoms with Crippen LogP contribution in [0.4, 0.5) is 5.82 Å². The van der Waals surface area contributed by atoms with Crippen LogP contribution in [0.5, 0.6) is 11.5 Å². The number of carbonyl (C=O) groups excluding carboxylic acids is 2. The largest absolute Gasteiger partial charge is 0.457 e. The maximum Gasteiger partial charge on any atom is 0.246 e. The fraction of sp³-hybridized carbons (Fsp3) is 0.185. The first-order chi connectivity index (χ1) is 17.1. The number of ether oxygens (including phenoxy) is 1. The molecule has 0 radical (unpaired) electrons. The summed E-state index contributed by atoms with van der Waals surface area (Å²) < 4.78 is 5.83. The van der Waals surface area contributed by atoms with Crippen molar-refractivity contribution < 1.29 is 14.3 Å². The molecule has 4 aromatic rings. The summed E-state index contributed by atoms with van der Waals surface area (Å²) in [5.74, 6) is 1.72. The van der Waals surface area contributed by atoms with Crippen molar-refractivity contribution in [1.29, 1.82) is 0 Å². The molecule has 8 heteroatoms. The number of amides is 1. The van der Waals surface area contributed by atoms with Crippen molar-refractivity contribution in [3.8, 4) is 11.5 Å². The van der Waals surface area contributed by atoms with Gasteiger partial charge in [0.1, 0.15) is 29.3 Å². The van der Waals surface area contributed by atoms with E-state index in [2.05, 4.69) is 26.8 Å². The van der Waals surface area contributed by atoms with Gasteiger partial charge in [-0.2, -0.15) is 0 Å². The van der Waals surface area contributed by atoms with E-state index in [9.17, 15) is 9.59 Å². The Morgan fingerprint density at radius 2 is 1.86 bits per heavy atom. The molecular weight excluding hydrogens is 442 g/mol. The maximum atomic E-state index is 13.4. The Bertz CT molecular complexity index is 1360. The molecule has 1 unspecified atom stereocenters. The number of piperidine rings is 1. The number of nitrogens with one attached hydrogen (secondary N) is 2. The molecule has 176 valence electrons. The Labute approximate surface area is 202 Å². The molecule has 2 aromatic heterocycles. The first-order valence-corrected chi connectivity index (χ1v) is 11.5. The Balaban J connectivity index is 1.37. The minimum absolute atomic E-state index is 0.0121. The molecule has 35 heavy (non-hydrogen) atoms. The van der Waals surface area contributed by atoms with Gasteiger partial charge in [-0.3, -0.25) is 9.59 Å². The zero-order valence-corrected chi connectivity index (χ0v) is 19.1. The second kappa shape index (κ2) is 9.80. The van der Waals surface area contributed by atoms with Crippen LogP contribution in [0.2, 0.25) is 0 Å². The van der Waals surface area contributed by atoms with Crippen molar-refractivity contribution in [3.05, 3.63) is 90.9 Å². The number of fused-ring (bicyclic) bond motifs is 1. The van der Waals surface area contributed by atoms with E-state index in [0.717, 1.165) is 18.6 Å². The number of anilines is 1. The van der Waals surface area contributed by atoms with Crippen LogP contribution in [0.15, 0.2) is 79.8 Å². The summed E-state index contributed by atoms with van der Waals surface area (Å²) in [4.78, 5) is 39.0. The summed E-state index contributed by atoms with van der Waals surface area (Å²) in [6.07, 6.45) is 6.23. The van der Waals surface area contributed by atoms with Crippen molar-refractivity contribution in [2.75, 3.05) is 18.4 Å². The molecule has 3 heterocycles. The lowest BCUT2D eigenvalue weighted by Gasteiger charge is -2.32. The van der Waals surface area contributed by atoms with Crippen LogP contribution in [0.3, 0.4) is 0 Å². The molecule has 1 atom stereocenters. The summed E-state index contributed by atoms with van der Waals surface area (Å²) in [5, 5.41) is 4.06. The molecule has 0 bridgehead atoms. The van der Waals surface area contributed by atoms with Gasteiger partial charge in [0, 0.05) is 30.9 Å². The SMILES string of the molecule is C=CC(=O)N1CCCC(Nc2ncnc3[nH]cc(C(=O)c4ccc(Oc5ccccc5)cc4)c23)C1. The number of hydrogen-bond acceptors (Lipinski definition) is 6. The van der Waals surface area contributed by atoms with Crippen LogP contribution in [0.1, 0.15) is 28.8 Å². The highest BCUT2D eigenvalue weighted by atomic mass is 16.5. The van der Waals surface area contributed by atoms with E-state index in [0.29, 0.717) is 46.8 Å². The molecule has 1 fully saturated rings. The van der Waals surface area contributed by atoms with Gasteiger partial charge >= 0.3 is 0 Å². The number of aromatic amines is 1. The Kier molecular flexibility index (Phi) is 6.26. The highest BCUT2D eigenvalue weighted by Crippen LogP contribution is 2.28. The molecule has 0 spiro atoms. The molecular formula is C27H25N5O3. The van der Waals surface area contributed by atoms with Gasteiger partial charge in [-0.05, 0) is 55.3 Å². The van der Waals surface area contributed by atoms with E-state index >= 15 is 0 Å². The third-order valence-corrected chi connectivity index (χ3v) is 6.06. The number of nitrogens with zero attached hydrogens (tertiary/aromatic N) is 3. The molecule has 1 saturated heterocycles. The molecule has 8 nitrogen and oxygen atoms in total. The van der Waals surface area contributed by atoms with E-state index < -0.39 is 0 Å². The van der Waals surface area contributed by atoms with Crippen molar-refractivity contribution in [1.82, 2.24) is 19.9 Å². The lowest BCUT2D eigenvalue weighted by atomic mass is 10.0. The normalized spacial score (nSPS) is 15.5. The first-order valence-electron chi connectivity index (χ1n) is 11.5. The topological polar surface area (TPSA) is 100 Å². The molecule has 0 aliphatic carbocycles. The van der Waals surface area contributed by atoms with Gasteiger partial charge in [-0.15, -0.1) is 0 Å². The number of likely N-dealkylation sites (tertiary alicyclic amines) is 1. The molecule has 1 aliphatic heterocycles. The smallest absolute Gasteiger partial charge is 0.246 e. The van der Waals surface area contributed by atoms with E-state index in [-0.39, 0.29) is 17.7 Å². The second-order valence-electron chi connectivity index (χ2n) is 8.39. The quantitative estimate of drug-likeness (QED) is 0.305. The molecule has 2 aromatic carbocycles. The highest BCUT2D eigenvalue weighted by molar-refractivity contribution is 6.18. The Morgan fingerprint density at radius 1 is 1.09 bits per heavy atom. The summed E-state index contributed by atoms with van der Waals surface area (Å²) in [7, 11) is 0. The number of H-pyrrole nitrogens is 1. The molecule has 5 rings (SSSR count). The average molecular weight is 468 g/mol. The monoisotopic (exact) mass is 467 g/mol. The number of benzene rings is 2. The van der Waals surface area contributed by atoms with Gasteiger partial charge in [0.15, 0.2) is 5.78 Å². The lowest BCUT2D eigenvalue weighted by molar-refractivity contribution is -0.127. The minimum atomic E-state index is -0.146. The number of hydrogen-bond donors (Lipinski definition) is 2. The average Bonchev–Trinajstić information content (AvgIpc) is 3.34. The predicted octanol–water partition coefficient (Wildman–Crippen LogP) is 4.57. The van der Waals surface area contributed by atoms with Crippen LogP contribution in [-0.2, 0) is 4.79 Å². The van der Waals surface area contributed by atoms with Crippen LogP contribution in [-0.4, -0.2) is 50.7 Å². The predicted molar refractivity (Wildman–Crippen MR) is 134 cm³/mol. The standard InChI is InChI=1S/C27H25N5O3/c1-2-23(33)32-14-6-7-19(16-32)31-27-24-22(15-28-26(24)29-17-30-27)25(34)18-10-12-21(13-11-18)35-20-8-4-3-5-9-20/h2-5,8-13,15,17,19H,1,6-7,14,16H2,(H2,28,29,30,31). The van der Waals surface area contributed by atoms with E-state index in [4.69, 9.17) is 4.74 Å². The Hall–Kier alpha value is -4.46. The fourth-order valence-electron chi connectivity index (χ4n) is 4.32. The first kappa shape index (κ1) is 22.3. The van der Waals surface area contributed by atoms with Crippen LogP contribution in [0.25, 0.3) is 11.0 Å². The Morgan fingerprint density at radius 3 is 2.63 bits per heavy atom. The van der Waals surface area contributed by atoms with E-state index in [1.807, 2.05) is 30.3 Å². The second-order valence-corrected chi connectivity index (χ2v) is 8.39. The fourth-order valence-corrected chi connectivity index (χ4v) is 4.32. The van der Waals surface area contributed by atoms with Gasteiger partial charge in [0.25, 0.3) is 0 Å². The summed E-state index contributed by atoms with van der Waals surface area (Å²) >= 11 is 0. The third-order valence-electron chi connectivity index (χ3n) is 6.06. The zero-order chi connectivity index (χ0) is 24.2. The van der Waals surface area contributed by atoms with Crippen LogP contribution in [0, 0.1) is 0 Å². The van der Waals surface area contributed by atoms with Gasteiger partial charge in [0.05, 0.1) is 10.9 Å². The van der Waals surface area contributed by atoms with Crippen molar-refractivity contribution in [3.63, 3.8) is 0 Å². The summed E-state index contributed by atoms with van der Waals surface area (Å²) in [5.41, 5.74) is 1.58. The maximum absolute atomic E-state index is 13.4. The van der Waals surface area contributed by atoms with Crippen LogP contribution >= 0.6 is 0 Å². The zero-order valence-electron chi connectivity index (χ0n) is 19.1. The molecule has 1 aliphatic rings. The molecule has 2 N–H and O–H groups in total. The summed E-state index contributed by atoms with van der Waals surface area (Å²) in [6, 6.07) is 16.5. The van der Waals surface area contributed by atoms with Gasteiger partial charge < -0.3 is 19.9 Å². The number of carbonyl (C=O) groups is 2. The van der Waals surface area contributed by atoms with Crippen molar-refractivity contribution in [2.24, 2.45) is 0 Å². The lowest BCUT2D eigenvalue weighted by Crippen LogP contribution is -2.44. The number of ketones is 1. The summed E-state index contributed by atoms with van der Waals surface area (Å²) in [6.45, 7) is 4.84. The number of aromatic nitrogens is 3. The number of rotatable bonds is 7. The van der Waals surface area contributed by atoms with E-state index in [1.54, 1.807) is 35.4 Å². The van der Waals surface area contributed by atoms with Gasteiger partial charge in [-0.1, -0.05) is 24.8 Å². The van der Waals surface area contributed by atoms with Crippen molar-refractivity contribution >= 4 is 28.5 Å². The van der Waals surface area contributed by atoms with Crippen molar-refractivity contribution in [2.45, 2.75) is 18.9 Å². The van der Waals surface area contributed by atoms with Crippen LogP contribution < -0.4 is 10.1 Å². The molecule has 1 amide bonds. The minimum Gasteiger partial charge on any atom is -0.457 e. The van der Waals surface area contributed by atoms with Gasteiger partial charge in [-0.25, -0.2) is 9.97 Å². The highest BCUT2D eigenvalue weighted by Gasteiger charge is 2.25. The van der Waals surface area contributed by atoms with E-state index in [1.165, 1.54) is 12.4 Å². The number of para-hydroxylation sites is 1. The third kappa shape index (κ3) is 4.77.